The smallest absolute Gasteiger partial charge is 0.411 e. The van der Waals surface area contributed by atoms with Gasteiger partial charge < -0.3 is 30.8 Å². The molecule has 0 bridgehead atoms. The van der Waals surface area contributed by atoms with Gasteiger partial charge in [0.15, 0.2) is 0 Å². The molecule has 2 aliphatic rings. The number of carbonyl (C=O) groups is 4. The van der Waals surface area contributed by atoms with E-state index in [-0.39, 0.29) is 18.9 Å². The van der Waals surface area contributed by atoms with E-state index in [4.69, 9.17) is 9.94 Å². The van der Waals surface area contributed by atoms with Crippen LogP contribution in [0.3, 0.4) is 0 Å². The molecule has 0 unspecified atom stereocenters. The number of hydrogen-bond acceptors (Lipinski definition) is 8. The minimum Gasteiger partial charge on any atom is -0.492 e. The van der Waals surface area contributed by atoms with Gasteiger partial charge in [0.2, 0.25) is 17.7 Å². The molecule has 0 aromatic carbocycles. The van der Waals surface area contributed by atoms with E-state index < -0.39 is 46.5 Å². The van der Waals surface area contributed by atoms with Crippen LogP contribution in [0.15, 0.2) is 12.1 Å². The maximum atomic E-state index is 12.6. The van der Waals surface area contributed by atoms with E-state index in [1.54, 1.807) is 0 Å². The van der Waals surface area contributed by atoms with Crippen LogP contribution in [0.25, 0.3) is 0 Å². The normalized spacial score (nSPS) is 25.0. The molecule has 0 saturated carbocycles. The van der Waals surface area contributed by atoms with Gasteiger partial charge in [-0.3, -0.25) is 10.1 Å². The van der Waals surface area contributed by atoms with Crippen LogP contribution in [0.5, 0.6) is 11.8 Å². The highest BCUT2D eigenvalue weighted by Gasteiger charge is 2.57. The van der Waals surface area contributed by atoms with Crippen LogP contribution in [-0.2, 0) is 9.59 Å². The largest absolute Gasteiger partial charge is 0.492 e. The van der Waals surface area contributed by atoms with Gasteiger partial charge >= 0.3 is 18.1 Å². The van der Waals surface area contributed by atoms with Crippen molar-refractivity contribution < 1.29 is 39.3 Å². The highest BCUT2D eigenvalue weighted by Crippen LogP contribution is 2.44. The third-order valence-corrected chi connectivity index (χ3v) is 6.49. The first-order valence-corrected chi connectivity index (χ1v) is 9.78. The SMILES string of the molecule is O=C(O)NC(=O)[C@@]1(CCCCC(=O)On2c(O)ccc2O)SC[C@@H]2NC(=O)N[C@@H]21. The van der Waals surface area contributed by atoms with Gasteiger partial charge in [-0.05, 0) is 12.8 Å². The predicted octanol–water partition coefficient (Wildman–Crippen LogP) is -0.255. The Balaban J connectivity index is 1.58. The maximum Gasteiger partial charge on any atom is 0.411 e. The number of nitrogens with one attached hydrogen (secondary N) is 3. The Morgan fingerprint density at radius 3 is 2.59 bits per heavy atom. The van der Waals surface area contributed by atoms with Crippen LogP contribution in [0, 0.1) is 0 Å². The number of amides is 4. The number of hydrogen-bond donors (Lipinski definition) is 6. The number of aromatic nitrogens is 1. The van der Waals surface area contributed by atoms with E-state index >= 15 is 0 Å². The zero-order valence-corrected chi connectivity index (χ0v) is 15.9. The van der Waals surface area contributed by atoms with Gasteiger partial charge in [0.05, 0.1) is 12.1 Å². The molecule has 1 aromatic rings. The van der Waals surface area contributed by atoms with E-state index in [0.29, 0.717) is 23.3 Å². The third-order valence-electron chi connectivity index (χ3n) is 4.80. The molecular formula is C16H20N4O8S. The first kappa shape index (κ1) is 20.6. The number of urea groups is 1. The summed E-state index contributed by atoms with van der Waals surface area (Å²) in [6, 6.07) is 1.04. The van der Waals surface area contributed by atoms with Crippen molar-refractivity contribution in [1.82, 2.24) is 20.7 Å². The Hall–Kier alpha value is -3.09. The molecule has 3 atom stereocenters. The van der Waals surface area contributed by atoms with Crippen molar-refractivity contribution in [2.24, 2.45) is 0 Å². The number of rotatable bonds is 7. The first-order valence-electron chi connectivity index (χ1n) is 8.79. The molecule has 12 nitrogen and oxygen atoms in total. The van der Waals surface area contributed by atoms with E-state index in [1.807, 2.05) is 5.32 Å². The molecule has 29 heavy (non-hydrogen) atoms. The standard InChI is InChI=1S/C16H20N4O8S/c21-9-4-5-10(22)20(9)28-11(23)3-1-2-6-16(13(24)19-15(26)27)12-8(7-29-16)17-14(25)18-12/h4-5,8,12,21-22H,1-3,6-7H2,(H,19,24)(H,26,27)(H2,17,18,25)/t8-,12-,16-/m0/s1. The van der Waals surface area contributed by atoms with Gasteiger partial charge in [-0.2, -0.15) is 0 Å². The molecule has 13 heteroatoms. The van der Waals surface area contributed by atoms with Crippen molar-refractivity contribution in [3.63, 3.8) is 0 Å². The molecule has 4 amide bonds. The molecule has 0 aliphatic carbocycles. The summed E-state index contributed by atoms with van der Waals surface area (Å²) in [4.78, 5) is 51.9. The van der Waals surface area contributed by atoms with E-state index in [1.165, 1.54) is 11.8 Å². The van der Waals surface area contributed by atoms with Crippen molar-refractivity contribution in [2.45, 2.75) is 42.5 Å². The highest BCUT2D eigenvalue weighted by molar-refractivity contribution is 8.01. The second kappa shape index (κ2) is 8.11. The highest BCUT2D eigenvalue weighted by atomic mass is 32.2. The Bertz CT molecular complexity index is 823. The number of unbranched alkanes of at least 4 members (excludes halogenated alkanes) is 1. The number of nitrogens with zero attached hydrogens (tertiary/aromatic N) is 1. The van der Waals surface area contributed by atoms with Gasteiger partial charge in [-0.1, -0.05) is 6.42 Å². The van der Waals surface area contributed by atoms with Crippen molar-refractivity contribution in [3.05, 3.63) is 12.1 Å². The molecular weight excluding hydrogens is 408 g/mol. The fourth-order valence-electron chi connectivity index (χ4n) is 3.49. The maximum absolute atomic E-state index is 12.6. The van der Waals surface area contributed by atoms with Crippen LogP contribution < -0.4 is 20.8 Å². The van der Waals surface area contributed by atoms with Crippen LogP contribution in [0.2, 0.25) is 0 Å². The number of imide groups is 1. The molecule has 2 saturated heterocycles. The van der Waals surface area contributed by atoms with Crippen LogP contribution in [0.4, 0.5) is 9.59 Å². The lowest BCUT2D eigenvalue weighted by molar-refractivity contribution is -0.145. The number of aromatic hydroxyl groups is 2. The van der Waals surface area contributed by atoms with Crippen molar-refractivity contribution >= 4 is 35.8 Å². The molecule has 1 aromatic heterocycles. The summed E-state index contributed by atoms with van der Waals surface area (Å²) in [5.41, 5.74) is 0. The lowest BCUT2D eigenvalue weighted by atomic mass is 9.88. The average molecular weight is 428 g/mol. The van der Waals surface area contributed by atoms with E-state index in [9.17, 15) is 29.4 Å². The molecule has 6 N–H and O–H groups in total. The second-order valence-corrected chi connectivity index (χ2v) is 8.03. The summed E-state index contributed by atoms with van der Waals surface area (Å²) < 4.78 is -0.593. The van der Waals surface area contributed by atoms with Gasteiger partial charge in [-0.15, -0.1) is 16.5 Å². The van der Waals surface area contributed by atoms with Crippen LogP contribution in [0.1, 0.15) is 25.7 Å². The molecule has 158 valence electrons. The Morgan fingerprint density at radius 2 is 1.93 bits per heavy atom. The number of fused-ring (bicyclic) bond motifs is 1. The monoisotopic (exact) mass is 428 g/mol. The lowest BCUT2D eigenvalue weighted by Crippen LogP contribution is -2.56. The molecule has 2 fully saturated rings. The second-order valence-electron chi connectivity index (χ2n) is 6.68. The number of thioether (sulfide) groups is 1. The number of carboxylic acid groups (broad SMARTS) is 1. The average Bonchev–Trinajstić information content (AvgIpc) is 3.28. The Kier molecular flexibility index (Phi) is 5.77. The topological polar surface area (TPSA) is 179 Å². The summed E-state index contributed by atoms with van der Waals surface area (Å²) in [6.45, 7) is 0. The zero-order valence-electron chi connectivity index (χ0n) is 15.1. The van der Waals surface area contributed by atoms with Crippen LogP contribution in [-0.4, -0.2) is 66.6 Å². The van der Waals surface area contributed by atoms with Crippen LogP contribution >= 0.6 is 11.8 Å². The first-order chi connectivity index (χ1) is 13.7. The zero-order chi connectivity index (χ0) is 21.2. The number of carbonyl (C=O) groups excluding carboxylic acids is 3. The van der Waals surface area contributed by atoms with Gasteiger partial charge in [0, 0.05) is 24.3 Å². The summed E-state index contributed by atoms with van der Waals surface area (Å²) in [5, 5.41) is 35.1. The van der Waals surface area contributed by atoms with Gasteiger partial charge in [-0.25, -0.2) is 14.4 Å². The fraction of sp³-hybridized carbons (Fsp3) is 0.500. The molecule has 2 aliphatic heterocycles. The van der Waals surface area contributed by atoms with Crippen molar-refractivity contribution in [1.29, 1.82) is 0 Å². The van der Waals surface area contributed by atoms with Gasteiger partial charge in [0.25, 0.3) is 0 Å². The molecule has 3 rings (SSSR count). The molecule has 0 radical (unpaired) electrons. The van der Waals surface area contributed by atoms with Crippen molar-refractivity contribution in [2.75, 3.05) is 5.75 Å². The lowest BCUT2D eigenvalue weighted by Gasteiger charge is -2.31. The Labute approximate surface area is 168 Å². The minimum atomic E-state index is -1.48. The van der Waals surface area contributed by atoms with Crippen molar-refractivity contribution in [3.8, 4) is 11.8 Å². The quantitative estimate of drug-likeness (QED) is 0.252. The summed E-state index contributed by atoms with van der Waals surface area (Å²) in [6.07, 6.45) is -0.629. The summed E-state index contributed by atoms with van der Waals surface area (Å²) >= 11 is 1.26. The molecule has 0 spiro atoms. The predicted molar refractivity (Wildman–Crippen MR) is 98.4 cm³/mol. The van der Waals surface area contributed by atoms with Gasteiger partial charge in [0.1, 0.15) is 4.75 Å². The third kappa shape index (κ3) is 4.18. The fourth-order valence-corrected chi connectivity index (χ4v) is 5.12. The summed E-state index contributed by atoms with van der Waals surface area (Å²) in [7, 11) is 0. The minimum absolute atomic E-state index is 0.0585. The Morgan fingerprint density at radius 1 is 1.24 bits per heavy atom. The van der Waals surface area contributed by atoms with E-state index in [0.717, 1.165) is 12.1 Å². The van der Waals surface area contributed by atoms with E-state index in [2.05, 4.69) is 10.6 Å². The molecule has 3 heterocycles. The summed E-state index contributed by atoms with van der Waals surface area (Å²) in [5.74, 6) is -1.83.